The van der Waals surface area contributed by atoms with Gasteiger partial charge in [-0.3, -0.25) is 5.41 Å². The highest BCUT2D eigenvalue weighted by atomic mass is 127. The van der Waals surface area contributed by atoms with Gasteiger partial charge in [0.25, 0.3) is 0 Å². The van der Waals surface area contributed by atoms with Crippen LogP contribution in [0.25, 0.3) is 5.69 Å². The summed E-state index contributed by atoms with van der Waals surface area (Å²) in [4.78, 5) is 0. The first-order valence-corrected chi connectivity index (χ1v) is 5.33. The summed E-state index contributed by atoms with van der Waals surface area (Å²) in [6.07, 6.45) is 1.89. The number of aromatic nitrogens is 1. The Labute approximate surface area is 95.9 Å². The molecule has 1 heterocycles. The summed E-state index contributed by atoms with van der Waals surface area (Å²) < 4.78 is 3.05. The molecule has 1 aromatic heterocycles. The third-order valence-corrected chi connectivity index (χ3v) is 2.68. The molecule has 1 N–H and O–H groups in total. The Kier molecular flexibility index (Phi) is 2.67. The molecule has 0 radical (unpaired) electrons. The number of rotatable bonds is 1. The number of nitrogens with zero attached hydrogens (tertiary/aromatic N) is 1. The number of halogens is 1. The molecule has 0 aliphatic carbocycles. The van der Waals surface area contributed by atoms with E-state index in [9.17, 15) is 0 Å². The molecule has 0 saturated heterocycles. The average molecular weight is 296 g/mol. The first-order chi connectivity index (χ1) is 6.77. The molecule has 0 aliphatic rings. The van der Waals surface area contributed by atoms with Gasteiger partial charge in [-0.2, -0.15) is 0 Å². The van der Waals surface area contributed by atoms with E-state index in [1.54, 1.807) is 6.07 Å². The van der Waals surface area contributed by atoms with Crippen LogP contribution in [-0.4, -0.2) is 4.57 Å². The van der Waals surface area contributed by atoms with Crippen LogP contribution in [0.15, 0.2) is 48.7 Å². The minimum absolute atomic E-state index is 0.494. The normalized spacial score (nSPS) is 10.1. The Balaban J connectivity index is 2.56. The van der Waals surface area contributed by atoms with E-state index in [1.807, 2.05) is 47.2 Å². The molecule has 14 heavy (non-hydrogen) atoms. The number of benzene rings is 1. The van der Waals surface area contributed by atoms with Crippen LogP contribution in [0.1, 0.15) is 0 Å². The predicted octanol–water partition coefficient (Wildman–Crippen LogP) is 2.56. The number of pyridine rings is 1. The maximum Gasteiger partial charge on any atom is 0.129 e. The summed E-state index contributed by atoms with van der Waals surface area (Å²) in [5, 5.41) is 7.72. The van der Waals surface area contributed by atoms with E-state index in [0.29, 0.717) is 5.49 Å². The Morgan fingerprint density at radius 3 is 2.36 bits per heavy atom. The van der Waals surface area contributed by atoms with Gasteiger partial charge in [0, 0.05) is 15.5 Å². The highest BCUT2D eigenvalue weighted by Gasteiger charge is 1.94. The minimum Gasteiger partial charge on any atom is -0.302 e. The van der Waals surface area contributed by atoms with E-state index in [4.69, 9.17) is 5.41 Å². The van der Waals surface area contributed by atoms with E-state index in [-0.39, 0.29) is 0 Å². The molecule has 0 unspecified atom stereocenters. The molecule has 0 aliphatic heterocycles. The van der Waals surface area contributed by atoms with Gasteiger partial charge in [0.05, 0.1) is 0 Å². The van der Waals surface area contributed by atoms with Gasteiger partial charge in [0.2, 0.25) is 0 Å². The van der Waals surface area contributed by atoms with Crippen LogP contribution >= 0.6 is 22.6 Å². The molecule has 0 saturated carbocycles. The van der Waals surface area contributed by atoms with E-state index in [1.165, 1.54) is 3.57 Å². The third kappa shape index (κ3) is 1.87. The molecular formula is C11H9IN2. The highest BCUT2D eigenvalue weighted by molar-refractivity contribution is 14.1. The second kappa shape index (κ2) is 3.96. The van der Waals surface area contributed by atoms with Crippen molar-refractivity contribution in [1.29, 1.82) is 5.41 Å². The maximum absolute atomic E-state index is 7.72. The maximum atomic E-state index is 7.72. The SMILES string of the molecule is N=c1ccccn1-c1ccc(I)cc1. The summed E-state index contributed by atoms with van der Waals surface area (Å²) in [7, 11) is 0. The summed E-state index contributed by atoms with van der Waals surface area (Å²) in [5.74, 6) is 0. The van der Waals surface area contributed by atoms with Gasteiger partial charge in [-0.15, -0.1) is 0 Å². The van der Waals surface area contributed by atoms with E-state index < -0.39 is 0 Å². The molecule has 70 valence electrons. The molecule has 0 amide bonds. The van der Waals surface area contributed by atoms with Gasteiger partial charge in [0.15, 0.2) is 0 Å². The zero-order valence-electron chi connectivity index (χ0n) is 7.44. The van der Waals surface area contributed by atoms with Crippen LogP contribution in [0.3, 0.4) is 0 Å². The highest BCUT2D eigenvalue weighted by Crippen LogP contribution is 2.08. The molecule has 1 aromatic carbocycles. The second-order valence-electron chi connectivity index (χ2n) is 2.93. The van der Waals surface area contributed by atoms with Gasteiger partial charge in [-0.25, -0.2) is 0 Å². The zero-order chi connectivity index (χ0) is 9.97. The molecule has 3 heteroatoms. The molecule has 2 aromatic rings. The Morgan fingerprint density at radius 2 is 1.71 bits per heavy atom. The lowest BCUT2D eigenvalue weighted by atomic mass is 10.3. The van der Waals surface area contributed by atoms with Crippen LogP contribution in [0, 0.1) is 8.98 Å². The first-order valence-electron chi connectivity index (χ1n) is 4.25. The monoisotopic (exact) mass is 296 g/mol. The summed E-state index contributed by atoms with van der Waals surface area (Å²) in [6, 6.07) is 13.7. The van der Waals surface area contributed by atoms with Crippen molar-refractivity contribution in [3.63, 3.8) is 0 Å². The van der Waals surface area contributed by atoms with Crippen molar-refractivity contribution in [3.8, 4) is 5.69 Å². The molecule has 0 fully saturated rings. The standard InChI is InChI=1S/C11H9IN2/c12-9-4-6-10(7-5-9)14-8-2-1-3-11(14)13/h1-8,13H. The van der Waals surface area contributed by atoms with Crippen LogP contribution in [0.2, 0.25) is 0 Å². The second-order valence-corrected chi connectivity index (χ2v) is 4.18. The summed E-state index contributed by atoms with van der Waals surface area (Å²) in [5.41, 5.74) is 1.52. The van der Waals surface area contributed by atoms with Gasteiger partial charge < -0.3 is 4.57 Å². The van der Waals surface area contributed by atoms with E-state index in [2.05, 4.69) is 22.6 Å². The van der Waals surface area contributed by atoms with Gasteiger partial charge >= 0.3 is 0 Å². The Morgan fingerprint density at radius 1 is 1.00 bits per heavy atom. The number of hydrogen-bond acceptors (Lipinski definition) is 1. The molecule has 0 spiro atoms. The molecular weight excluding hydrogens is 287 g/mol. The Hall–Kier alpha value is -1.10. The lowest BCUT2D eigenvalue weighted by molar-refractivity contribution is 0.925. The third-order valence-electron chi connectivity index (χ3n) is 1.96. The molecule has 2 rings (SSSR count). The zero-order valence-corrected chi connectivity index (χ0v) is 9.60. The van der Waals surface area contributed by atoms with Gasteiger partial charge in [0.1, 0.15) is 5.49 Å². The van der Waals surface area contributed by atoms with Crippen LogP contribution in [-0.2, 0) is 0 Å². The van der Waals surface area contributed by atoms with Crippen molar-refractivity contribution in [1.82, 2.24) is 4.57 Å². The van der Waals surface area contributed by atoms with Crippen LogP contribution in [0.4, 0.5) is 0 Å². The smallest absolute Gasteiger partial charge is 0.129 e. The lowest BCUT2D eigenvalue weighted by Crippen LogP contribution is -2.15. The quantitative estimate of drug-likeness (QED) is 0.784. The van der Waals surface area contributed by atoms with Crippen molar-refractivity contribution < 1.29 is 0 Å². The van der Waals surface area contributed by atoms with E-state index >= 15 is 0 Å². The minimum atomic E-state index is 0.494. The lowest BCUT2D eigenvalue weighted by Gasteiger charge is -2.05. The fourth-order valence-corrected chi connectivity index (χ4v) is 1.63. The van der Waals surface area contributed by atoms with Crippen LogP contribution in [0.5, 0.6) is 0 Å². The molecule has 2 nitrogen and oxygen atoms in total. The van der Waals surface area contributed by atoms with Crippen molar-refractivity contribution in [2.75, 3.05) is 0 Å². The van der Waals surface area contributed by atoms with Gasteiger partial charge in [-0.1, -0.05) is 6.07 Å². The number of nitrogens with one attached hydrogen (secondary N) is 1. The van der Waals surface area contributed by atoms with Crippen molar-refractivity contribution in [2.45, 2.75) is 0 Å². The van der Waals surface area contributed by atoms with Crippen molar-refractivity contribution in [2.24, 2.45) is 0 Å². The van der Waals surface area contributed by atoms with Crippen molar-refractivity contribution >= 4 is 22.6 Å². The number of hydrogen-bond donors (Lipinski definition) is 1. The topological polar surface area (TPSA) is 28.8 Å². The van der Waals surface area contributed by atoms with E-state index in [0.717, 1.165) is 5.69 Å². The van der Waals surface area contributed by atoms with Crippen LogP contribution < -0.4 is 5.49 Å². The fraction of sp³-hybridized carbons (Fsp3) is 0. The van der Waals surface area contributed by atoms with Gasteiger partial charge in [-0.05, 0) is 59.0 Å². The Bertz CT molecular complexity index is 485. The first kappa shape index (κ1) is 9.45. The largest absolute Gasteiger partial charge is 0.302 e. The average Bonchev–Trinajstić information content (AvgIpc) is 2.20. The fourth-order valence-electron chi connectivity index (χ4n) is 1.27. The summed E-state index contributed by atoms with van der Waals surface area (Å²) >= 11 is 2.27. The molecule has 0 bridgehead atoms. The van der Waals surface area contributed by atoms with Crippen molar-refractivity contribution in [3.05, 3.63) is 57.7 Å². The summed E-state index contributed by atoms with van der Waals surface area (Å²) in [6.45, 7) is 0. The predicted molar refractivity (Wildman–Crippen MR) is 64.3 cm³/mol. The molecule has 0 atom stereocenters.